The fourth-order valence-corrected chi connectivity index (χ4v) is 1.56. The van der Waals surface area contributed by atoms with Crippen LogP contribution in [0.25, 0.3) is 0 Å². The largest absolute Gasteiger partial charge is 0.385 e. The van der Waals surface area contributed by atoms with Gasteiger partial charge in [0.25, 0.3) is 0 Å². The van der Waals surface area contributed by atoms with E-state index in [1.165, 1.54) is 6.07 Å². The Morgan fingerprint density at radius 1 is 1.12 bits per heavy atom. The monoisotopic (exact) mass is 243 g/mol. The summed E-state index contributed by atoms with van der Waals surface area (Å²) in [6, 6.07) is 3.98. The summed E-state index contributed by atoms with van der Waals surface area (Å²) in [6.45, 7) is 2.24. The van der Waals surface area contributed by atoms with Crippen molar-refractivity contribution in [3.63, 3.8) is 0 Å². The molecule has 96 valence electrons. The van der Waals surface area contributed by atoms with E-state index < -0.39 is 11.6 Å². The second-order valence-corrected chi connectivity index (χ2v) is 3.98. The molecule has 4 heteroatoms. The van der Waals surface area contributed by atoms with Crippen molar-refractivity contribution in [3.05, 3.63) is 35.4 Å². The smallest absolute Gasteiger partial charge is 0.159 e. The molecule has 0 aromatic heterocycles. The van der Waals surface area contributed by atoms with Crippen LogP contribution in [-0.2, 0) is 11.3 Å². The second-order valence-electron chi connectivity index (χ2n) is 3.98. The van der Waals surface area contributed by atoms with Crippen molar-refractivity contribution >= 4 is 0 Å². The van der Waals surface area contributed by atoms with E-state index in [2.05, 4.69) is 5.32 Å². The van der Waals surface area contributed by atoms with Crippen LogP contribution in [0.4, 0.5) is 8.78 Å². The van der Waals surface area contributed by atoms with Crippen molar-refractivity contribution in [1.29, 1.82) is 0 Å². The SMILES string of the molecule is COCCCCCNCc1ccc(F)c(F)c1. The maximum absolute atomic E-state index is 12.9. The van der Waals surface area contributed by atoms with Crippen LogP contribution in [0.15, 0.2) is 18.2 Å². The minimum Gasteiger partial charge on any atom is -0.385 e. The highest BCUT2D eigenvalue weighted by molar-refractivity contribution is 5.17. The molecule has 1 rings (SSSR count). The molecule has 0 aliphatic carbocycles. The Morgan fingerprint density at radius 3 is 2.65 bits per heavy atom. The third-order valence-corrected chi connectivity index (χ3v) is 2.52. The Bertz CT molecular complexity index is 331. The first-order chi connectivity index (χ1) is 8.24. The standard InChI is InChI=1S/C13H19F2NO/c1-17-8-4-2-3-7-16-10-11-5-6-12(14)13(15)9-11/h5-6,9,16H,2-4,7-8,10H2,1H3. The molecular formula is C13H19F2NO. The lowest BCUT2D eigenvalue weighted by atomic mass is 10.2. The number of hydrogen-bond acceptors (Lipinski definition) is 2. The maximum atomic E-state index is 12.9. The van der Waals surface area contributed by atoms with Crippen LogP contribution >= 0.6 is 0 Å². The Labute approximate surface area is 101 Å². The minimum absolute atomic E-state index is 0.571. The number of hydrogen-bond donors (Lipinski definition) is 1. The maximum Gasteiger partial charge on any atom is 0.159 e. The van der Waals surface area contributed by atoms with Gasteiger partial charge in [0, 0.05) is 20.3 Å². The van der Waals surface area contributed by atoms with E-state index in [-0.39, 0.29) is 0 Å². The van der Waals surface area contributed by atoms with Gasteiger partial charge in [-0.05, 0) is 43.5 Å². The van der Waals surface area contributed by atoms with E-state index in [0.29, 0.717) is 6.54 Å². The molecule has 0 fully saturated rings. The predicted molar refractivity (Wildman–Crippen MR) is 63.8 cm³/mol. The molecule has 0 unspecified atom stereocenters. The number of rotatable bonds is 8. The Hall–Kier alpha value is -1.00. The van der Waals surface area contributed by atoms with Crippen LogP contribution in [-0.4, -0.2) is 20.3 Å². The molecule has 1 aromatic carbocycles. The molecular weight excluding hydrogens is 224 g/mol. The summed E-state index contributed by atoms with van der Waals surface area (Å²) in [5, 5.41) is 3.20. The fourth-order valence-electron chi connectivity index (χ4n) is 1.56. The Morgan fingerprint density at radius 2 is 1.94 bits per heavy atom. The summed E-state index contributed by atoms with van der Waals surface area (Å²) in [4.78, 5) is 0. The van der Waals surface area contributed by atoms with Crippen LogP contribution < -0.4 is 5.32 Å². The van der Waals surface area contributed by atoms with Crippen molar-refractivity contribution in [2.45, 2.75) is 25.8 Å². The van der Waals surface area contributed by atoms with Crippen LogP contribution in [0.2, 0.25) is 0 Å². The molecule has 0 spiro atoms. The number of methoxy groups -OCH3 is 1. The number of ether oxygens (including phenoxy) is 1. The third kappa shape index (κ3) is 5.75. The van der Waals surface area contributed by atoms with Gasteiger partial charge in [0.1, 0.15) is 0 Å². The quantitative estimate of drug-likeness (QED) is 0.709. The lowest BCUT2D eigenvalue weighted by molar-refractivity contribution is 0.192. The van der Waals surface area contributed by atoms with Gasteiger partial charge in [-0.25, -0.2) is 8.78 Å². The Kier molecular flexibility index (Phi) is 6.74. The molecule has 0 heterocycles. The number of benzene rings is 1. The van der Waals surface area contributed by atoms with Crippen molar-refractivity contribution in [2.24, 2.45) is 0 Å². The normalized spacial score (nSPS) is 10.8. The number of halogens is 2. The van der Waals surface area contributed by atoms with E-state index in [9.17, 15) is 8.78 Å². The highest BCUT2D eigenvalue weighted by Crippen LogP contribution is 2.08. The van der Waals surface area contributed by atoms with E-state index in [0.717, 1.165) is 44.0 Å². The molecule has 17 heavy (non-hydrogen) atoms. The van der Waals surface area contributed by atoms with Crippen LogP contribution in [0, 0.1) is 11.6 Å². The molecule has 0 aliphatic heterocycles. The highest BCUT2D eigenvalue weighted by atomic mass is 19.2. The fraction of sp³-hybridized carbons (Fsp3) is 0.538. The van der Waals surface area contributed by atoms with Gasteiger partial charge in [0.05, 0.1) is 0 Å². The summed E-state index contributed by atoms with van der Waals surface area (Å²) >= 11 is 0. The van der Waals surface area contributed by atoms with Crippen molar-refractivity contribution in [2.75, 3.05) is 20.3 Å². The minimum atomic E-state index is -0.798. The van der Waals surface area contributed by atoms with Crippen LogP contribution in [0.1, 0.15) is 24.8 Å². The van der Waals surface area contributed by atoms with Gasteiger partial charge < -0.3 is 10.1 Å². The van der Waals surface area contributed by atoms with Gasteiger partial charge in [-0.15, -0.1) is 0 Å². The molecule has 0 amide bonds. The van der Waals surface area contributed by atoms with Gasteiger partial charge in [-0.3, -0.25) is 0 Å². The number of nitrogens with one attached hydrogen (secondary N) is 1. The first-order valence-electron chi connectivity index (χ1n) is 5.87. The third-order valence-electron chi connectivity index (χ3n) is 2.52. The molecule has 0 atom stereocenters. The van der Waals surface area contributed by atoms with Crippen molar-refractivity contribution in [1.82, 2.24) is 5.32 Å². The number of unbranched alkanes of at least 4 members (excludes halogenated alkanes) is 2. The molecule has 0 aliphatic rings. The van der Waals surface area contributed by atoms with Gasteiger partial charge in [0.2, 0.25) is 0 Å². The molecule has 2 nitrogen and oxygen atoms in total. The lowest BCUT2D eigenvalue weighted by Gasteiger charge is -2.05. The second kappa shape index (κ2) is 8.14. The van der Waals surface area contributed by atoms with Gasteiger partial charge in [0.15, 0.2) is 11.6 Å². The summed E-state index contributed by atoms with van der Waals surface area (Å²) in [5.41, 5.74) is 0.765. The van der Waals surface area contributed by atoms with Gasteiger partial charge in [-0.1, -0.05) is 6.07 Å². The van der Waals surface area contributed by atoms with E-state index in [4.69, 9.17) is 4.74 Å². The topological polar surface area (TPSA) is 21.3 Å². The summed E-state index contributed by atoms with van der Waals surface area (Å²) in [6.07, 6.45) is 3.23. The summed E-state index contributed by atoms with van der Waals surface area (Å²) in [7, 11) is 1.70. The molecule has 1 aromatic rings. The zero-order valence-electron chi connectivity index (χ0n) is 10.1. The van der Waals surface area contributed by atoms with E-state index in [1.54, 1.807) is 13.2 Å². The molecule has 0 saturated heterocycles. The van der Waals surface area contributed by atoms with Crippen molar-refractivity contribution in [3.8, 4) is 0 Å². The first-order valence-corrected chi connectivity index (χ1v) is 5.87. The average molecular weight is 243 g/mol. The molecule has 0 bridgehead atoms. The van der Waals surface area contributed by atoms with Gasteiger partial charge >= 0.3 is 0 Å². The van der Waals surface area contributed by atoms with E-state index >= 15 is 0 Å². The summed E-state index contributed by atoms with van der Waals surface area (Å²) < 4.78 is 30.5. The Balaban J connectivity index is 2.11. The predicted octanol–water partition coefficient (Wildman–Crippen LogP) is 2.87. The zero-order valence-corrected chi connectivity index (χ0v) is 10.1. The lowest BCUT2D eigenvalue weighted by Crippen LogP contribution is -2.15. The molecule has 0 radical (unpaired) electrons. The average Bonchev–Trinajstić information content (AvgIpc) is 2.32. The first kappa shape index (κ1) is 14.1. The summed E-state index contributed by atoms with van der Waals surface area (Å²) in [5.74, 6) is -1.59. The van der Waals surface area contributed by atoms with Crippen LogP contribution in [0.5, 0.6) is 0 Å². The van der Waals surface area contributed by atoms with Crippen LogP contribution in [0.3, 0.4) is 0 Å². The van der Waals surface area contributed by atoms with Gasteiger partial charge in [-0.2, -0.15) is 0 Å². The van der Waals surface area contributed by atoms with Crippen molar-refractivity contribution < 1.29 is 13.5 Å². The molecule has 0 saturated carbocycles. The van der Waals surface area contributed by atoms with E-state index in [1.807, 2.05) is 0 Å². The highest BCUT2D eigenvalue weighted by Gasteiger charge is 2.01. The zero-order chi connectivity index (χ0) is 12.5. The molecule has 1 N–H and O–H groups in total.